The molecule has 0 N–H and O–H groups in total. The van der Waals surface area contributed by atoms with Gasteiger partial charge < -0.3 is 4.74 Å². The fraction of sp³-hybridized carbons (Fsp3) is 0.571. The van der Waals surface area contributed by atoms with Gasteiger partial charge in [0, 0.05) is 6.42 Å². The molecular weight excluding hydrogens is 296 g/mol. The lowest BCUT2D eigenvalue weighted by molar-refractivity contribution is -0.137. The number of rotatable bonds is 5. The second kappa shape index (κ2) is 5.19. The summed E-state index contributed by atoms with van der Waals surface area (Å²) >= 11 is 5.77. The van der Waals surface area contributed by atoms with Crippen molar-refractivity contribution in [3.05, 3.63) is 35.4 Å². The largest absolute Gasteiger partial charge is 0.416 e. The minimum Gasteiger partial charge on any atom is -0.364 e. The van der Waals surface area contributed by atoms with E-state index in [1.807, 2.05) is 0 Å². The van der Waals surface area contributed by atoms with E-state index in [1.54, 1.807) is 6.92 Å². The lowest BCUT2D eigenvalue weighted by atomic mass is 9.91. The minimum absolute atomic E-state index is 0.138. The van der Waals surface area contributed by atoms with Crippen LogP contribution < -0.4 is 0 Å². The van der Waals surface area contributed by atoms with Crippen LogP contribution in [0.15, 0.2) is 24.3 Å². The first-order chi connectivity index (χ1) is 9.19. The van der Waals surface area contributed by atoms with Crippen LogP contribution in [-0.2, 0) is 16.5 Å². The van der Waals surface area contributed by atoms with Crippen molar-refractivity contribution >= 4 is 11.6 Å². The Morgan fingerprint density at radius 1 is 1.30 bits per heavy atom. The van der Waals surface area contributed by atoms with Gasteiger partial charge in [-0.3, -0.25) is 0 Å². The van der Waals surface area contributed by atoms with Gasteiger partial charge in [0.05, 0.1) is 12.2 Å². The zero-order chi connectivity index (χ0) is 15.0. The van der Waals surface area contributed by atoms with Gasteiger partial charge in [0.2, 0.25) is 0 Å². The number of hydrogen-bond donors (Lipinski definition) is 0. The van der Waals surface area contributed by atoms with E-state index in [9.17, 15) is 17.6 Å². The first kappa shape index (κ1) is 15.6. The van der Waals surface area contributed by atoms with Crippen LogP contribution in [0.5, 0.6) is 0 Å². The van der Waals surface area contributed by atoms with E-state index in [-0.39, 0.29) is 19.4 Å². The highest BCUT2D eigenvalue weighted by atomic mass is 35.5. The molecule has 6 heteroatoms. The molecule has 1 aliphatic heterocycles. The summed E-state index contributed by atoms with van der Waals surface area (Å²) in [6.45, 7) is 1.98. The maximum atomic E-state index is 14.1. The SMILES string of the molecule is CCCC(F)(Cl)CC1(c2cccc(C(F)(F)F)c2)CO1. The first-order valence-electron chi connectivity index (χ1n) is 6.38. The topological polar surface area (TPSA) is 12.5 Å². The summed E-state index contributed by atoms with van der Waals surface area (Å²) in [4.78, 5) is 0. The monoisotopic (exact) mass is 310 g/mol. The highest BCUT2D eigenvalue weighted by molar-refractivity contribution is 6.22. The highest BCUT2D eigenvalue weighted by Gasteiger charge is 2.52. The van der Waals surface area contributed by atoms with Crippen molar-refractivity contribution in [2.24, 2.45) is 0 Å². The Labute approximate surface area is 119 Å². The molecule has 0 spiro atoms. The molecule has 1 heterocycles. The third-order valence-electron chi connectivity index (χ3n) is 3.37. The average molecular weight is 311 g/mol. The van der Waals surface area contributed by atoms with Gasteiger partial charge in [0.15, 0.2) is 5.13 Å². The highest BCUT2D eigenvalue weighted by Crippen LogP contribution is 2.49. The average Bonchev–Trinajstić information content (AvgIpc) is 3.08. The van der Waals surface area contributed by atoms with Crippen LogP contribution in [0, 0.1) is 0 Å². The molecule has 112 valence electrons. The minimum atomic E-state index is -4.43. The summed E-state index contributed by atoms with van der Waals surface area (Å²) in [7, 11) is 0. The van der Waals surface area contributed by atoms with Crippen LogP contribution in [0.1, 0.15) is 37.3 Å². The van der Waals surface area contributed by atoms with Crippen LogP contribution >= 0.6 is 11.6 Å². The Bertz CT molecular complexity index is 480. The van der Waals surface area contributed by atoms with Crippen LogP contribution in [0.3, 0.4) is 0 Å². The lowest BCUT2D eigenvalue weighted by Gasteiger charge is -2.22. The van der Waals surface area contributed by atoms with Gasteiger partial charge >= 0.3 is 6.18 Å². The fourth-order valence-corrected chi connectivity index (χ4v) is 2.71. The maximum Gasteiger partial charge on any atom is 0.416 e. The van der Waals surface area contributed by atoms with Crippen molar-refractivity contribution < 1.29 is 22.3 Å². The van der Waals surface area contributed by atoms with Gasteiger partial charge in [0.1, 0.15) is 5.60 Å². The summed E-state index contributed by atoms with van der Waals surface area (Å²) in [5.41, 5.74) is -1.46. The third kappa shape index (κ3) is 3.44. The van der Waals surface area contributed by atoms with E-state index < -0.39 is 22.5 Å². The molecule has 0 radical (unpaired) electrons. The summed E-state index contributed by atoms with van der Waals surface area (Å²) in [6.07, 6.45) is -3.88. The zero-order valence-electron chi connectivity index (χ0n) is 10.9. The molecule has 1 fully saturated rings. The Morgan fingerprint density at radius 3 is 2.45 bits per heavy atom. The summed E-state index contributed by atoms with van der Waals surface area (Å²) in [5, 5.41) is -1.96. The Morgan fingerprint density at radius 2 is 1.95 bits per heavy atom. The normalized spacial score (nSPS) is 25.3. The van der Waals surface area contributed by atoms with Crippen molar-refractivity contribution in [3.63, 3.8) is 0 Å². The predicted molar refractivity (Wildman–Crippen MR) is 68.3 cm³/mol. The number of ether oxygens (including phenoxy) is 1. The number of epoxide rings is 1. The van der Waals surface area contributed by atoms with Gasteiger partial charge in [-0.15, -0.1) is 0 Å². The summed E-state index contributed by atoms with van der Waals surface area (Å²) < 4.78 is 57.4. The third-order valence-corrected chi connectivity index (χ3v) is 3.69. The Kier molecular flexibility index (Phi) is 4.04. The van der Waals surface area contributed by atoms with E-state index in [1.165, 1.54) is 12.1 Å². The van der Waals surface area contributed by atoms with Gasteiger partial charge in [-0.05, 0) is 24.1 Å². The number of benzene rings is 1. The molecule has 20 heavy (non-hydrogen) atoms. The smallest absolute Gasteiger partial charge is 0.364 e. The second-order valence-corrected chi connectivity index (χ2v) is 5.82. The van der Waals surface area contributed by atoms with Crippen LogP contribution in [0.25, 0.3) is 0 Å². The fourth-order valence-electron chi connectivity index (χ4n) is 2.31. The van der Waals surface area contributed by atoms with E-state index in [2.05, 4.69) is 0 Å². The Balaban J connectivity index is 2.23. The molecule has 0 aliphatic carbocycles. The molecule has 2 atom stereocenters. The molecule has 0 amide bonds. The van der Waals surface area contributed by atoms with Crippen LogP contribution in [-0.4, -0.2) is 11.7 Å². The molecule has 1 nitrogen and oxygen atoms in total. The Hall–Kier alpha value is -0.810. The quantitative estimate of drug-likeness (QED) is 0.422. The number of alkyl halides is 5. The first-order valence-corrected chi connectivity index (χ1v) is 6.76. The standard InChI is InChI=1S/C14H15ClF4O/c1-2-6-13(15,16)8-12(9-20-12)10-4-3-5-11(7-10)14(17,18)19/h3-5,7H,2,6,8-9H2,1H3. The molecule has 2 unspecified atom stereocenters. The van der Waals surface area contributed by atoms with Gasteiger partial charge in [0.25, 0.3) is 0 Å². The van der Waals surface area contributed by atoms with E-state index in [4.69, 9.17) is 16.3 Å². The van der Waals surface area contributed by atoms with Gasteiger partial charge in [-0.25, -0.2) is 4.39 Å². The molecule has 2 rings (SSSR count). The molecule has 1 aromatic carbocycles. The van der Waals surface area contributed by atoms with Gasteiger partial charge in [-0.2, -0.15) is 13.2 Å². The molecule has 0 aromatic heterocycles. The molecule has 1 aliphatic rings. The van der Waals surface area contributed by atoms with Crippen LogP contribution in [0.2, 0.25) is 0 Å². The van der Waals surface area contributed by atoms with Crippen molar-refractivity contribution in [2.45, 2.75) is 43.1 Å². The number of halogens is 5. The zero-order valence-corrected chi connectivity index (χ0v) is 11.7. The molecule has 0 bridgehead atoms. The van der Waals surface area contributed by atoms with Gasteiger partial charge in [-0.1, -0.05) is 37.1 Å². The van der Waals surface area contributed by atoms with Crippen molar-refractivity contribution in [2.75, 3.05) is 6.61 Å². The molecule has 1 saturated heterocycles. The predicted octanol–water partition coefficient (Wildman–Crippen LogP) is 5.03. The van der Waals surface area contributed by atoms with E-state index >= 15 is 0 Å². The molecule has 1 aromatic rings. The van der Waals surface area contributed by atoms with E-state index in [0.29, 0.717) is 12.0 Å². The van der Waals surface area contributed by atoms with E-state index in [0.717, 1.165) is 12.1 Å². The van der Waals surface area contributed by atoms with Crippen molar-refractivity contribution in [1.82, 2.24) is 0 Å². The van der Waals surface area contributed by atoms with Crippen LogP contribution in [0.4, 0.5) is 17.6 Å². The van der Waals surface area contributed by atoms with Crippen molar-refractivity contribution in [1.29, 1.82) is 0 Å². The summed E-state index contributed by atoms with van der Waals surface area (Å²) in [6, 6.07) is 4.80. The summed E-state index contributed by atoms with van der Waals surface area (Å²) in [5.74, 6) is 0. The van der Waals surface area contributed by atoms with Crippen molar-refractivity contribution in [3.8, 4) is 0 Å². The molecule has 0 saturated carbocycles. The lowest BCUT2D eigenvalue weighted by Crippen LogP contribution is -2.24. The maximum absolute atomic E-state index is 14.1. The molecular formula is C14H15ClF4O. The second-order valence-electron chi connectivity index (χ2n) is 5.14. The number of hydrogen-bond acceptors (Lipinski definition) is 1.